The number of nitrogens with zero attached hydrogens (tertiary/aromatic N) is 1. The van der Waals surface area contributed by atoms with Crippen LogP contribution in [0.15, 0.2) is 101 Å². The summed E-state index contributed by atoms with van der Waals surface area (Å²) in [6.45, 7) is 2.00. The first-order valence-electron chi connectivity index (χ1n) is 13.7. The Kier molecular flexibility index (Phi) is 10.5. The van der Waals surface area contributed by atoms with Gasteiger partial charge >= 0.3 is 6.09 Å². The van der Waals surface area contributed by atoms with Gasteiger partial charge in [0.25, 0.3) is 0 Å². The molecule has 3 amide bonds. The number of carbonyl (C=O) groups excluding carboxylic acids is 3. The van der Waals surface area contributed by atoms with E-state index >= 15 is 0 Å². The molecule has 0 bridgehead atoms. The zero-order valence-electron chi connectivity index (χ0n) is 23.7. The second-order valence-electron chi connectivity index (χ2n) is 9.90. The van der Waals surface area contributed by atoms with Crippen LogP contribution in [0.3, 0.4) is 0 Å². The lowest BCUT2D eigenvalue weighted by Crippen LogP contribution is -2.45. The van der Waals surface area contributed by atoms with E-state index in [2.05, 4.69) is 20.9 Å². The van der Waals surface area contributed by atoms with Crippen LogP contribution < -0.4 is 16.0 Å². The lowest BCUT2D eigenvalue weighted by Gasteiger charge is -2.18. The molecule has 4 aromatic carbocycles. The van der Waals surface area contributed by atoms with E-state index in [-0.39, 0.29) is 30.6 Å². The second kappa shape index (κ2) is 14.9. The third-order valence-electron chi connectivity index (χ3n) is 6.54. The fourth-order valence-corrected chi connectivity index (χ4v) is 6.36. The van der Waals surface area contributed by atoms with E-state index in [0.29, 0.717) is 16.4 Å². The van der Waals surface area contributed by atoms with E-state index < -0.39 is 12.1 Å². The largest absolute Gasteiger partial charge is 0.445 e. The third kappa shape index (κ3) is 8.82. The predicted octanol–water partition coefficient (Wildman–Crippen LogP) is 7.47. The first kappa shape index (κ1) is 31.1. The molecule has 0 spiro atoms. The second-order valence-corrected chi connectivity index (χ2v) is 12.6. The number of halogens is 1. The number of thioether (sulfide) groups is 1. The Morgan fingerprint density at radius 1 is 0.909 bits per heavy atom. The molecule has 0 fully saturated rings. The summed E-state index contributed by atoms with van der Waals surface area (Å²) >= 11 is 8.82. The normalized spacial score (nSPS) is 11.5. The van der Waals surface area contributed by atoms with Crippen molar-refractivity contribution in [2.24, 2.45) is 0 Å². The summed E-state index contributed by atoms with van der Waals surface area (Å²) in [5, 5.41) is 9.08. The number of aryl methyl sites for hydroxylation is 1. The van der Waals surface area contributed by atoms with Gasteiger partial charge < -0.3 is 20.7 Å². The Labute approximate surface area is 268 Å². The van der Waals surface area contributed by atoms with Gasteiger partial charge in [-0.25, -0.2) is 9.78 Å². The number of aromatic nitrogens is 1. The fraction of sp³-hybridized carbons (Fsp3) is 0.152. The van der Waals surface area contributed by atoms with Crippen molar-refractivity contribution in [3.05, 3.63) is 119 Å². The van der Waals surface area contributed by atoms with E-state index in [1.807, 2.05) is 85.8 Å². The van der Waals surface area contributed by atoms with Crippen molar-refractivity contribution in [3.63, 3.8) is 0 Å². The Morgan fingerprint density at radius 3 is 2.39 bits per heavy atom. The Hall–Kier alpha value is -4.38. The number of carbonyl (C=O) groups is 3. The van der Waals surface area contributed by atoms with E-state index in [1.165, 1.54) is 23.1 Å². The highest BCUT2D eigenvalue weighted by molar-refractivity contribution is 8.01. The van der Waals surface area contributed by atoms with Crippen molar-refractivity contribution in [3.8, 4) is 0 Å². The van der Waals surface area contributed by atoms with Gasteiger partial charge in [0, 0.05) is 22.8 Å². The van der Waals surface area contributed by atoms with Crippen LogP contribution >= 0.6 is 34.7 Å². The van der Waals surface area contributed by atoms with E-state index in [0.717, 1.165) is 31.2 Å². The number of ether oxygens (including phenoxy) is 1. The number of hydrogen-bond acceptors (Lipinski definition) is 7. The lowest BCUT2D eigenvalue weighted by molar-refractivity contribution is -0.118. The van der Waals surface area contributed by atoms with Crippen molar-refractivity contribution >= 4 is 74.2 Å². The number of alkyl carbamates (subject to hydrolysis) is 1. The molecular formula is C33H29ClN4O4S2. The van der Waals surface area contributed by atoms with Crippen LogP contribution in [0.2, 0.25) is 5.02 Å². The Morgan fingerprint density at radius 2 is 1.64 bits per heavy atom. The van der Waals surface area contributed by atoms with Gasteiger partial charge in [-0.15, -0.1) is 11.3 Å². The van der Waals surface area contributed by atoms with Crippen molar-refractivity contribution in [1.82, 2.24) is 10.3 Å². The zero-order chi connectivity index (χ0) is 30.9. The number of hydrogen-bond donors (Lipinski definition) is 3. The average molecular weight is 645 g/mol. The van der Waals surface area contributed by atoms with Gasteiger partial charge in [-0.05, 0) is 53.9 Å². The molecule has 5 aromatic rings. The van der Waals surface area contributed by atoms with E-state index in [9.17, 15) is 14.4 Å². The number of fused-ring (bicyclic) bond motifs is 1. The highest BCUT2D eigenvalue weighted by Crippen LogP contribution is 2.31. The number of rotatable bonds is 11. The minimum absolute atomic E-state index is 0.0939. The van der Waals surface area contributed by atoms with Crippen LogP contribution in [-0.2, 0) is 27.4 Å². The van der Waals surface area contributed by atoms with Gasteiger partial charge in [0.15, 0.2) is 4.34 Å². The molecule has 0 saturated heterocycles. The van der Waals surface area contributed by atoms with Gasteiger partial charge in [0.05, 0.1) is 16.0 Å². The lowest BCUT2D eigenvalue weighted by atomic mass is 10.1. The van der Waals surface area contributed by atoms with E-state index in [1.54, 1.807) is 18.2 Å². The van der Waals surface area contributed by atoms with Gasteiger partial charge in [-0.2, -0.15) is 0 Å². The summed E-state index contributed by atoms with van der Waals surface area (Å²) < 4.78 is 6.95. The number of benzene rings is 4. The quantitative estimate of drug-likeness (QED) is 0.129. The van der Waals surface area contributed by atoms with Gasteiger partial charge in [-0.3, -0.25) is 9.59 Å². The molecule has 5 rings (SSSR count). The maximum atomic E-state index is 13.4. The van der Waals surface area contributed by atoms with Crippen molar-refractivity contribution in [1.29, 1.82) is 0 Å². The van der Waals surface area contributed by atoms with Crippen molar-refractivity contribution in [2.75, 3.05) is 16.4 Å². The highest BCUT2D eigenvalue weighted by Gasteiger charge is 2.23. The maximum absolute atomic E-state index is 13.4. The molecular weight excluding hydrogens is 616 g/mol. The fourth-order valence-electron chi connectivity index (χ4n) is 4.28. The van der Waals surface area contributed by atoms with Gasteiger partial charge in [0.1, 0.15) is 12.6 Å². The number of anilines is 2. The molecule has 224 valence electrons. The number of nitrogens with one attached hydrogen (secondary N) is 3. The molecule has 1 heterocycles. The minimum Gasteiger partial charge on any atom is -0.445 e. The summed E-state index contributed by atoms with van der Waals surface area (Å²) in [5.74, 6) is -0.355. The molecule has 0 radical (unpaired) electrons. The predicted molar refractivity (Wildman–Crippen MR) is 177 cm³/mol. The average Bonchev–Trinajstić information content (AvgIpc) is 3.44. The molecule has 1 atom stereocenters. The van der Waals surface area contributed by atoms with Crippen molar-refractivity contribution < 1.29 is 19.1 Å². The first-order valence-corrected chi connectivity index (χ1v) is 15.9. The molecule has 0 aliphatic carbocycles. The SMILES string of the molecule is Cc1ccc(Cl)cc1NC(=O)CSc1nc2ccc(NC(=O)[C@H](Cc3ccccc3)NC(=O)OCc3ccccc3)cc2s1. The van der Waals surface area contributed by atoms with Crippen LogP contribution in [0, 0.1) is 6.92 Å². The number of amides is 3. The van der Waals surface area contributed by atoms with Gasteiger partial charge in [-0.1, -0.05) is 90.1 Å². The Bertz CT molecular complexity index is 1770. The molecule has 0 aliphatic heterocycles. The third-order valence-corrected chi connectivity index (χ3v) is 8.94. The summed E-state index contributed by atoms with van der Waals surface area (Å²) in [4.78, 5) is 43.2. The smallest absolute Gasteiger partial charge is 0.408 e. The topological polar surface area (TPSA) is 109 Å². The van der Waals surface area contributed by atoms with Crippen LogP contribution in [0.25, 0.3) is 10.2 Å². The summed E-state index contributed by atoms with van der Waals surface area (Å²) in [7, 11) is 0. The molecule has 0 saturated carbocycles. The zero-order valence-corrected chi connectivity index (χ0v) is 26.1. The van der Waals surface area contributed by atoms with Crippen LogP contribution in [-0.4, -0.2) is 34.7 Å². The van der Waals surface area contributed by atoms with Crippen LogP contribution in [0.1, 0.15) is 16.7 Å². The molecule has 3 N–H and O–H groups in total. The maximum Gasteiger partial charge on any atom is 0.408 e. The van der Waals surface area contributed by atoms with Crippen LogP contribution in [0.5, 0.6) is 0 Å². The summed E-state index contributed by atoms with van der Waals surface area (Å²) in [6, 6.07) is 28.7. The van der Waals surface area contributed by atoms with Crippen LogP contribution in [0.4, 0.5) is 16.2 Å². The molecule has 44 heavy (non-hydrogen) atoms. The molecule has 11 heteroatoms. The minimum atomic E-state index is -0.870. The van der Waals surface area contributed by atoms with Gasteiger partial charge in [0.2, 0.25) is 11.8 Å². The monoisotopic (exact) mass is 644 g/mol. The van der Waals surface area contributed by atoms with Crippen molar-refractivity contribution in [2.45, 2.75) is 30.3 Å². The molecule has 1 aromatic heterocycles. The summed E-state index contributed by atoms with van der Waals surface area (Å²) in [5.41, 5.74) is 4.66. The molecule has 8 nitrogen and oxygen atoms in total. The Balaban J connectivity index is 1.21. The highest BCUT2D eigenvalue weighted by atomic mass is 35.5. The molecule has 0 aliphatic rings. The first-order chi connectivity index (χ1) is 21.3. The standard InChI is InChI=1S/C33H29ClN4O4S2/c1-21-12-13-24(34)17-27(21)36-30(39)20-43-33-38-26-15-14-25(18-29(26)44-33)35-31(40)28(16-22-8-4-2-5-9-22)37-32(41)42-19-23-10-6-3-7-11-23/h2-15,17-18,28H,16,19-20H2,1H3,(H,35,40)(H,36,39)(H,37,41)/t28-/m0/s1. The molecule has 0 unspecified atom stereocenters. The van der Waals surface area contributed by atoms with E-state index in [4.69, 9.17) is 16.3 Å². The summed E-state index contributed by atoms with van der Waals surface area (Å²) in [6.07, 6.45) is -0.396. The number of thiazole rings is 1.